The third-order valence-electron chi connectivity index (χ3n) is 2.22. The second-order valence-corrected chi connectivity index (χ2v) is 4.34. The maximum atomic E-state index is 10.6. The molecule has 16 heavy (non-hydrogen) atoms. The van der Waals surface area contributed by atoms with Gasteiger partial charge in [0, 0.05) is 13.3 Å². The average Bonchev–Trinajstić information content (AvgIpc) is 2.80. The molecular weight excluding hydrogens is 222 g/mol. The smallest absolute Gasteiger partial charge is 0.161 e. The maximum absolute atomic E-state index is 10.6. The fraction of sp³-hybridized carbons (Fsp3) is 0.167. The number of ether oxygens (including phenoxy) is 1. The zero-order chi connectivity index (χ0) is 11.4. The molecule has 4 heteroatoms. The molecule has 0 radical (unpaired) electrons. The standard InChI is InChI=1S/C12H11NO2S/c1-15-11(9-5-3-2-4-6-9)12-13-7-10(8-14)16-12/h2-8,11H,1H3. The lowest BCUT2D eigenvalue weighted by molar-refractivity contribution is 0.112. The van der Waals surface area contributed by atoms with Gasteiger partial charge in [-0.1, -0.05) is 30.3 Å². The third-order valence-corrected chi connectivity index (χ3v) is 3.19. The number of aromatic nitrogens is 1. The molecule has 1 heterocycles. The summed E-state index contributed by atoms with van der Waals surface area (Å²) < 4.78 is 5.41. The van der Waals surface area contributed by atoms with E-state index in [1.54, 1.807) is 13.3 Å². The number of thiazole rings is 1. The van der Waals surface area contributed by atoms with E-state index in [0.717, 1.165) is 16.9 Å². The Morgan fingerprint density at radius 2 is 2.12 bits per heavy atom. The van der Waals surface area contributed by atoms with Crippen LogP contribution in [0.15, 0.2) is 36.5 Å². The summed E-state index contributed by atoms with van der Waals surface area (Å²) >= 11 is 1.36. The van der Waals surface area contributed by atoms with Gasteiger partial charge in [0.1, 0.15) is 11.1 Å². The average molecular weight is 233 g/mol. The molecule has 2 aromatic rings. The largest absolute Gasteiger partial charge is 0.370 e. The van der Waals surface area contributed by atoms with E-state index >= 15 is 0 Å². The van der Waals surface area contributed by atoms with Gasteiger partial charge in [0.15, 0.2) is 6.29 Å². The van der Waals surface area contributed by atoms with Gasteiger partial charge in [0.25, 0.3) is 0 Å². The van der Waals surface area contributed by atoms with Crippen molar-refractivity contribution in [2.75, 3.05) is 7.11 Å². The van der Waals surface area contributed by atoms with E-state index in [1.165, 1.54) is 11.3 Å². The summed E-state index contributed by atoms with van der Waals surface area (Å²) in [5.41, 5.74) is 1.04. The third kappa shape index (κ3) is 2.18. The monoisotopic (exact) mass is 233 g/mol. The van der Waals surface area contributed by atoms with Gasteiger partial charge in [0.2, 0.25) is 0 Å². The molecule has 1 aromatic heterocycles. The molecule has 0 saturated heterocycles. The summed E-state index contributed by atoms with van der Waals surface area (Å²) in [5.74, 6) is 0. The number of aldehydes is 1. The molecule has 0 N–H and O–H groups in total. The van der Waals surface area contributed by atoms with Crippen LogP contribution in [-0.4, -0.2) is 18.4 Å². The number of methoxy groups -OCH3 is 1. The Morgan fingerprint density at radius 1 is 1.38 bits per heavy atom. The van der Waals surface area contributed by atoms with E-state index in [9.17, 15) is 4.79 Å². The number of benzene rings is 1. The molecule has 82 valence electrons. The number of hydrogen-bond donors (Lipinski definition) is 0. The van der Waals surface area contributed by atoms with Crippen molar-refractivity contribution >= 4 is 17.6 Å². The number of nitrogens with zero attached hydrogens (tertiary/aromatic N) is 1. The van der Waals surface area contributed by atoms with Gasteiger partial charge < -0.3 is 4.74 Å². The van der Waals surface area contributed by atoms with E-state index in [1.807, 2.05) is 30.3 Å². The fourth-order valence-corrected chi connectivity index (χ4v) is 2.32. The van der Waals surface area contributed by atoms with Crippen molar-refractivity contribution in [2.45, 2.75) is 6.10 Å². The van der Waals surface area contributed by atoms with E-state index in [0.29, 0.717) is 4.88 Å². The zero-order valence-corrected chi connectivity index (χ0v) is 9.61. The minimum Gasteiger partial charge on any atom is -0.370 e. The second kappa shape index (κ2) is 5.01. The van der Waals surface area contributed by atoms with Crippen molar-refractivity contribution in [3.63, 3.8) is 0 Å². The zero-order valence-electron chi connectivity index (χ0n) is 8.79. The molecule has 2 rings (SSSR count). The van der Waals surface area contributed by atoms with Crippen molar-refractivity contribution in [3.8, 4) is 0 Å². The van der Waals surface area contributed by atoms with Gasteiger partial charge in [-0.25, -0.2) is 4.98 Å². The molecular formula is C12H11NO2S. The van der Waals surface area contributed by atoms with Crippen LogP contribution in [0.2, 0.25) is 0 Å². The van der Waals surface area contributed by atoms with Gasteiger partial charge in [-0.15, -0.1) is 11.3 Å². The van der Waals surface area contributed by atoms with Crippen LogP contribution < -0.4 is 0 Å². The fourth-order valence-electron chi connectivity index (χ4n) is 1.48. The lowest BCUT2D eigenvalue weighted by atomic mass is 10.1. The molecule has 0 aliphatic heterocycles. The summed E-state index contributed by atoms with van der Waals surface area (Å²) in [4.78, 5) is 15.4. The lowest BCUT2D eigenvalue weighted by Crippen LogP contribution is -2.02. The van der Waals surface area contributed by atoms with Crippen LogP contribution in [0, 0.1) is 0 Å². The minimum absolute atomic E-state index is 0.195. The Morgan fingerprint density at radius 3 is 2.69 bits per heavy atom. The van der Waals surface area contributed by atoms with Gasteiger partial charge in [-0.3, -0.25) is 4.79 Å². The molecule has 1 atom stereocenters. The van der Waals surface area contributed by atoms with Crippen LogP contribution in [0.4, 0.5) is 0 Å². The van der Waals surface area contributed by atoms with Crippen LogP contribution in [0.1, 0.15) is 26.3 Å². The van der Waals surface area contributed by atoms with Gasteiger partial charge in [-0.2, -0.15) is 0 Å². The first-order valence-corrected chi connectivity index (χ1v) is 5.65. The van der Waals surface area contributed by atoms with Crippen molar-refractivity contribution in [3.05, 3.63) is 52.0 Å². The van der Waals surface area contributed by atoms with Crippen molar-refractivity contribution in [2.24, 2.45) is 0 Å². The van der Waals surface area contributed by atoms with E-state index in [-0.39, 0.29) is 6.10 Å². The van der Waals surface area contributed by atoms with Gasteiger partial charge in [-0.05, 0) is 5.56 Å². The van der Waals surface area contributed by atoms with Crippen LogP contribution in [0.25, 0.3) is 0 Å². The molecule has 1 aromatic carbocycles. The minimum atomic E-state index is -0.195. The topological polar surface area (TPSA) is 39.2 Å². The lowest BCUT2D eigenvalue weighted by Gasteiger charge is -2.12. The van der Waals surface area contributed by atoms with Crippen LogP contribution in [0.3, 0.4) is 0 Å². The SMILES string of the molecule is COC(c1ccccc1)c1ncc(C=O)s1. The first-order chi connectivity index (χ1) is 7.85. The highest BCUT2D eigenvalue weighted by Gasteiger charge is 2.16. The summed E-state index contributed by atoms with van der Waals surface area (Å²) in [7, 11) is 1.64. The van der Waals surface area contributed by atoms with E-state index in [2.05, 4.69) is 4.98 Å². The number of rotatable bonds is 4. The summed E-state index contributed by atoms with van der Waals surface area (Å²) in [5, 5.41) is 0.802. The first kappa shape index (κ1) is 11.0. The van der Waals surface area contributed by atoms with Crippen LogP contribution in [0.5, 0.6) is 0 Å². The van der Waals surface area contributed by atoms with Crippen molar-refractivity contribution in [1.82, 2.24) is 4.98 Å². The van der Waals surface area contributed by atoms with Crippen molar-refractivity contribution in [1.29, 1.82) is 0 Å². The quantitative estimate of drug-likeness (QED) is 0.762. The summed E-state index contributed by atoms with van der Waals surface area (Å²) in [6.45, 7) is 0. The van der Waals surface area contributed by atoms with Crippen LogP contribution >= 0.6 is 11.3 Å². The second-order valence-electron chi connectivity index (χ2n) is 3.25. The molecule has 0 spiro atoms. The predicted octanol–water partition coefficient (Wildman–Crippen LogP) is 2.69. The summed E-state index contributed by atoms with van der Waals surface area (Å²) in [6.07, 6.45) is 2.18. The number of carbonyl (C=O) groups is 1. The molecule has 0 fully saturated rings. The van der Waals surface area contributed by atoms with Crippen molar-refractivity contribution < 1.29 is 9.53 Å². The summed E-state index contributed by atoms with van der Waals surface area (Å²) in [6, 6.07) is 9.83. The Kier molecular flexibility index (Phi) is 3.44. The van der Waals surface area contributed by atoms with Gasteiger partial charge >= 0.3 is 0 Å². The molecule has 0 bridgehead atoms. The van der Waals surface area contributed by atoms with Gasteiger partial charge in [0.05, 0.1) is 4.88 Å². The Bertz CT molecular complexity index is 467. The highest BCUT2D eigenvalue weighted by molar-refractivity contribution is 7.13. The van der Waals surface area contributed by atoms with Crippen LogP contribution in [-0.2, 0) is 4.74 Å². The molecule has 1 unspecified atom stereocenters. The molecule has 0 saturated carbocycles. The first-order valence-electron chi connectivity index (χ1n) is 4.84. The number of hydrogen-bond acceptors (Lipinski definition) is 4. The maximum Gasteiger partial charge on any atom is 0.161 e. The molecule has 0 amide bonds. The predicted molar refractivity (Wildman–Crippen MR) is 62.8 cm³/mol. The van der Waals surface area contributed by atoms with E-state index in [4.69, 9.17) is 4.74 Å². The highest BCUT2D eigenvalue weighted by atomic mass is 32.1. The van der Waals surface area contributed by atoms with E-state index < -0.39 is 0 Å². The molecule has 0 aliphatic carbocycles. The highest BCUT2D eigenvalue weighted by Crippen LogP contribution is 2.27. The Labute approximate surface area is 97.7 Å². The Balaban J connectivity index is 2.32. The molecule has 3 nitrogen and oxygen atoms in total. The molecule has 0 aliphatic rings. The normalized spacial score (nSPS) is 12.3. The number of carbonyl (C=O) groups excluding carboxylic acids is 1. The Hall–Kier alpha value is -1.52.